The number of benzene rings is 4. The Morgan fingerprint density at radius 1 is 0.412 bits per heavy atom. The van der Waals surface area contributed by atoms with Crippen LogP contribution in [-0.2, 0) is 6.42 Å². The van der Waals surface area contributed by atoms with Crippen molar-refractivity contribution >= 4 is 29.0 Å². The second kappa shape index (κ2) is 16.9. The normalized spacial score (nSPS) is 10.4. The summed E-state index contributed by atoms with van der Waals surface area (Å²) in [5, 5.41) is 5.57. The van der Waals surface area contributed by atoms with Crippen LogP contribution in [0, 0.1) is 0 Å². The lowest BCUT2D eigenvalue weighted by Crippen LogP contribution is -2.18. The van der Waals surface area contributed by atoms with Gasteiger partial charge in [-0.2, -0.15) is 0 Å². The molecule has 0 bridgehead atoms. The van der Waals surface area contributed by atoms with Crippen LogP contribution in [0.1, 0.15) is 36.6 Å². The number of ether oxygens (including phenoxy) is 9. The van der Waals surface area contributed by atoms with Crippen LogP contribution < -0.4 is 53.3 Å². The van der Waals surface area contributed by atoms with Crippen molar-refractivity contribution < 1.29 is 57.0 Å². The van der Waals surface area contributed by atoms with E-state index < -0.39 is 17.6 Å². The van der Waals surface area contributed by atoms with E-state index in [0.29, 0.717) is 68.7 Å². The summed E-state index contributed by atoms with van der Waals surface area (Å²) in [6, 6.07) is 13.7. The number of hydrogen-bond acceptors (Lipinski definition) is 12. The molecule has 0 atom stereocenters. The highest BCUT2D eigenvalue weighted by atomic mass is 16.5. The van der Waals surface area contributed by atoms with Crippen LogP contribution in [-0.4, -0.2) is 81.6 Å². The zero-order chi connectivity index (χ0) is 37.2. The Morgan fingerprint density at radius 3 is 1.00 bits per heavy atom. The number of hydrogen-bond donors (Lipinski definition) is 2. The van der Waals surface area contributed by atoms with E-state index in [-0.39, 0.29) is 23.1 Å². The predicted molar refractivity (Wildman–Crippen MR) is 189 cm³/mol. The molecule has 4 aromatic carbocycles. The Kier molecular flexibility index (Phi) is 12.4. The van der Waals surface area contributed by atoms with Crippen molar-refractivity contribution in [3.8, 4) is 51.7 Å². The van der Waals surface area contributed by atoms with Crippen molar-refractivity contribution in [3.63, 3.8) is 0 Å². The molecule has 0 spiro atoms. The standard InChI is InChI=1S/C37H40N2O12/c1-43-27-11-20(12-28(44-2)33(27)49-7)10-26(40)21-13-22(36(41)38-24-16-29(45-3)34(50-8)30(17-24)46-4)15-23(14-21)37(42)39-25-18-31(47-5)35(51-9)32(19-25)48-6/h11-19H,10H2,1-9H3,(H,38,41)(H,39,42). The third kappa shape index (κ3) is 8.29. The van der Waals surface area contributed by atoms with Crippen LogP contribution in [0.25, 0.3) is 0 Å². The average Bonchev–Trinajstić information content (AvgIpc) is 3.15. The molecule has 0 heterocycles. The van der Waals surface area contributed by atoms with Crippen molar-refractivity contribution in [2.24, 2.45) is 0 Å². The smallest absolute Gasteiger partial charge is 0.255 e. The molecule has 2 amide bonds. The molecule has 0 unspecified atom stereocenters. The van der Waals surface area contributed by atoms with Gasteiger partial charge in [-0.15, -0.1) is 0 Å². The van der Waals surface area contributed by atoms with E-state index in [1.54, 1.807) is 36.4 Å². The molecule has 2 N–H and O–H groups in total. The quantitative estimate of drug-likeness (QED) is 0.137. The van der Waals surface area contributed by atoms with Crippen molar-refractivity contribution in [3.05, 3.63) is 76.9 Å². The highest BCUT2D eigenvalue weighted by molar-refractivity contribution is 6.11. The molecule has 0 aliphatic heterocycles. The maximum atomic E-state index is 13.8. The third-order valence-corrected chi connectivity index (χ3v) is 7.71. The molecule has 270 valence electrons. The number of carbonyl (C=O) groups is 3. The average molecular weight is 705 g/mol. The first-order chi connectivity index (χ1) is 24.6. The SMILES string of the molecule is COc1cc(CC(=O)c2cc(C(=O)Nc3cc(OC)c(OC)c(OC)c3)cc(C(=O)Nc3cc(OC)c(OC)c(OC)c3)c2)cc(OC)c1OC. The number of Topliss-reactive ketones (excluding diaryl/α,β-unsaturated/α-hetero) is 1. The van der Waals surface area contributed by atoms with Crippen molar-refractivity contribution in [2.45, 2.75) is 6.42 Å². The molecule has 51 heavy (non-hydrogen) atoms. The fourth-order valence-corrected chi connectivity index (χ4v) is 5.29. The molecule has 4 aromatic rings. The second-order valence-corrected chi connectivity index (χ2v) is 10.7. The van der Waals surface area contributed by atoms with Gasteiger partial charge in [0.25, 0.3) is 11.8 Å². The van der Waals surface area contributed by atoms with Crippen molar-refractivity contribution in [1.82, 2.24) is 0 Å². The van der Waals surface area contributed by atoms with Gasteiger partial charge in [-0.25, -0.2) is 0 Å². The molecule has 14 heteroatoms. The summed E-state index contributed by atoms with van der Waals surface area (Å²) in [7, 11) is 13.1. The summed E-state index contributed by atoms with van der Waals surface area (Å²) in [5.41, 5.74) is 1.31. The highest BCUT2D eigenvalue weighted by Crippen LogP contribution is 2.42. The van der Waals surface area contributed by atoms with Crippen LogP contribution >= 0.6 is 0 Å². The van der Waals surface area contributed by atoms with E-state index in [1.165, 1.54) is 82.2 Å². The Morgan fingerprint density at radius 2 is 0.706 bits per heavy atom. The van der Waals surface area contributed by atoms with Gasteiger partial charge in [-0.3, -0.25) is 14.4 Å². The maximum absolute atomic E-state index is 13.8. The lowest BCUT2D eigenvalue weighted by molar-refractivity contribution is 0.0992. The minimum atomic E-state index is -0.617. The molecule has 0 saturated heterocycles. The molecule has 0 aliphatic carbocycles. The lowest BCUT2D eigenvalue weighted by Gasteiger charge is -2.16. The van der Waals surface area contributed by atoms with E-state index in [9.17, 15) is 14.4 Å². The maximum Gasteiger partial charge on any atom is 0.255 e. The van der Waals surface area contributed by atoms with Gasteiger partial charge in [-0.05, 0) is 35.9 Å². The van der Waals surface area contributed by atoms with E-state index in [2.05, 4.69) is 10.6 Å². The van der Waals surface area contributed by atoms with E-state index >= 15 is 0 Å². The summed E-state index contributed by atoms with van der Waals surface area (Å²) < 4.78 is 48.7. The first-order valence-electron chi connectivity index (χ1n) is 15.3. The third-order valence-electron chi connectivity index (χ3n) is 7.71. The van der Waals surface area contributed by atoms with Gasteiger partial charge in [0.05, 0.1) is 64.0 Å². The first kappa shape index (κ1) is 37.5. The molecule has 4 rings (SSSR count). The Bertz CT molecular complexity index is 1620. The molecular formula is C37H40N2O12. The van der Waals surface area contributed by atoms with Gasteiger partial charge in [0.1, 0.15) is 0 Å². The highest BCUT2D eigenvalue weighted by Gasteiger charge is 2.22. The van der Waals surface area contributed by atoms with E-state index in [1.807, 2.05) is 0 Å². The zero-order valence-electron chi connectivity index (χ0n) is 29.8. The van der Waals surface area contributed by atoms with Gasteiger partial charge in [-0.1, -0.05) is 0 Å². The van der Waals surface area contributed by atoms with Gasteiger partial charge in [0.2, 0.25) is 17.2 Å². The minimum Gasteiger partial charge on any atom is -0.493 e. The number of rotatable bonds is 16. The second-order valence-electron chi connectivity index (χ2n) is 10.7. The van der Waals surface area contributed by atoms with Crippen LogP contribution in [0.2, 0.25) is 0 Å². The minimum absolute atomic E-state index is 0.0227. The van der Waals surface area contributed by atoms with E-state index in [4.69, 9.17) is 42.6 Å². The number of ketones is 1. The molecule has 14 nitrogen and oxygen atoms in total. The van der Waals surface area contributed by atoms with Crippen LogP contribution in [0.5, 0.6) is 51.7 Å². The summed E-state index contributed by atoms with van der Waals surface area (Å²) >= 11 is 0. The fraction of sp³-hybridized carbons (Fsp3) is 0.270. The summed E-state index contributed by atoms with van der Waals surface area (Å²) in [6.45, 7) is 0. The van der Waals surface area contributed by atoms with Gasteiger partial charge in [0.15, 0.2) is 40.3 Å². The van der Waals surface area contributed by atoms with Gasteiger partial charge in [0, 0.05) is 58.8 Å². The van der Waals surface area contributed by atoms with Crippen LogP contribution in [0.4, 0.5) is 11.4 Å². The number of anilines is 2. The van der Waals surface area contributed by atoms with E-state index in [0.717, 1.165) is 0 Å². The largest absolute Gasteiger partial charge is 0.493 e. The van der Waals surface area contributed by atoms with Crippen LogP contribution in [0.15, 0.2) is 54.6 Å². The number of methoxy groups -OCH3 is 9. The Balaban J connectivity index is 1.77. The first-order valence-corrected chi connectivity index (χ1v) is 15.3. The molecular weight excluding hydrogens is 664 g/mol. The predicted octanol–water partition coefficient (Wildman–Crippen LogP) is 5.69. The van der Waals surface area contributed by atoms with Gasteiger partial charge < -0.3 is 53.3 Å². The lowest BCUT2D eigenvalue weighted by atomic mass is 9.97. The summed E-state index contributed by atoms with van der Waals surface area (Å²) in [4.78, 5) is 41.3. The monoisotopic (exact) mass is 704 g/mol. The van der Waals surface area contributed by atoms with Crippen LogP contribution in [0.3, 0.4) is 0 Å². The number of amides is 2. The molecule has 0 aliphatic rings. The molecule has 0 saturated carbocycles. The molecule has 0 fully saturated rings. The number of nitrogens with one attached hydrogen (secondary N) is 2. The summed E-state index contributed by atoms with van der Waals surface area (Å²) in [6.07, 6.45) is -0.122. The molecule has 0 aromatic heterocycles. The fourth-order valence-electron chi connectivity index (χ4n) is 5.29. The summed E-state index contributed by atoms with van der Waals surface area (Å²) in [5.74, 6) is 1.39. The number of carbonyl (C=O) groups excluding carboxylic acids is 3. The Hall–Kier alpha value is -6.31. The van der Waals surface area contributed by atoms with Crippen molar-refractivity contribution in [1.29, 1.82) is 0 Å². The zero-order valence-corrected chi connectivity index (χ0v) is 29.8. The van der Waals surface area contributed by atoms with Gasteiger partial charge >= 0.3 is 0 Å². The topological polar surface area (TPSA) is 158 Å². The Labute approximate surface area is 295 Å². The van der Waals surface area contributed by atoms with Crippen molar-refractivity contribution in [2.75, 3.05) is 74.6 Å². The molecule has 0 radical (unpaired) electrons.